The van der Waals surface area contributed by atoms with Crippen LogP contribution in [0.1, 0.15) is 59.3 Å². The first-order valence-electron chi connectivity index (χ1n) is 10.6. The van der Waals surface area contributed by atoms with E-state index in [-0.39, 0.29) is 10.1 Å². The molecule has 1 aliphatic carbocycles. The van der Waals surface area contributed by atoms with E-state index in [0.717, 1.165) is 49.3 Å². The van der Waals surface area contributed by atoms with Crippen molar-refractivity contribution in [1.82, 2.24) is 13.9 Å². The lowest BCUT2D eigenvalue weighted by molar-refractivity contribution is -0.119. The molecule has 1 atom stereocenters. The maximum absolute atomic E-state index is 12.9. The molecule has 0 spiro atoms. The standard InChI is InChI=1S/C21H31N3O3S2/c1-4-7-14-24-18-13-12-16(29(26,27)23(5-2)6-3)15-17(18)22-21(24)28-20-11-9-8-10-19(20)25/h12-13,15,20H,4-11,14H2,1-3H3. The molecule has 1 saturated carbocycles. The SMILES string of the molecule is CCCCn1c(SC2CCCCC2=O)nc2cc(S(=O)(=O)N(CC)CC)ccc21. The van der Waals surface area contributed by atoms with Crippen LogP contribution >= 0.6 is 11.8 Å². The number of imidazole rings is 1. The Morgan fingerprint density at radius 3 is 2.62 bits per heavy atom. The second-order valence-electron chi connectivity index (χ2n) is 7.46. The Labute approximate surface area is 178 Å². The van der Waals surface area contributed by atoms with Crippen LogP contribution in [0.4, 0.5) is 0 Å². The third-order valence-corrected chi connectivity index (χ3v) is 8.86. The average molecular weight is 438 g/mol. The molecular weight excluding hydrogens is 406 g/mol. The predicted molar refractivity (Wildman–Crippen MR) is 118 cm³/mol. The van der Waals surface area contributed by atoms with Crippen molar-refractivity contribution in [2.75, 3.05) is 13.1 Å². The van der Waals surface area contributed by atoms with E-state index in [4.69, 9.17) is 4.98 Å². The van der Waals surface area contributed by atoms with Gasteiger partial charge in [0.25, 0.3) is 0 Å². The van der Waals surface area contributed by atoms with Gasteiger partial charge in [0.1, 0.15) is 5.78 Å². The largest absolute Gasteiger partial charge is 0.319 e. The summed E-state index contributed by atoms with van der Waals surface area (Å²) in [5, 5.41) is 0.783. The molecule has 1 unspecified atom stereocenters. The van der Waals surface area contributed by atoms with Crippen molar-refractivity contribution in [2.24, 2.45) is 0 Å². The number of ketones is 1. The third-order valence-electron chi connectivity index (χ3n) is 5.51. The number of aryl methyl sites for hydroxylation is 1. The fourth-order valence-electron chi connectivity index (χ4n) is 3.79. The van der Waals surface area contributed by atoms with Crippen molar-refractivity contribution in [2.45, 2.75) is 81.1 Å². The second-order valence-corrected chi connectivity index (χ2v) is 10.6. The van der Waals surface area contributed by atoms with Crippen molar-refractivity contribution in [3.63, 3.8) is 0 Å². The zero-order chi connectivity index (χ0) is 21.0. The van der Waals surface area contributed by atoms with Gasteiger partial charge in [0, 0.05) is 26.1 Å². The van der Waals surface area contributed by atoms with E-state index >= 15 is 0 Å². The smallest absolute Gasteiger partial charge is 0.243 e. The van der Waals surface area contributed by atoms with Crippen LogP contribution in [0.25, 0.3) is 11.0 Å². The first-order valence-corrected chi connectivity index (χ1v) is 12.9. The van der Waals surface area contributed by atoms with Gasteiger partial charge in [-0.05, 0) is 37.5 Å². The van der Waals surface area contributed by atoms with Gasteiger partial charge in [-0.25, -0.2) is 13.4 Å². The Hall–Kier alpha value is -1.38. The molecule has 0 bridgehead atoms. The van der Waals surface area contributed by atoms with Crippen molar-refractivity contribution in [1.29, 1.82) is 0 Å². The van der Waals surface area contributed by atoms with Crippen molar-refractivity contribution in [3.05, 3.63) is 18.2 Å². The van der Waals surface area contributed by atoms with Crippen LogP contribution < -0.4 is 0 Å². The molecule has 0 saturated heterocycles. The number of nitrogens with zero attached hydrogens (tertiary/aromatic N) is 3. The lowest BCUT2D eigenvalue weighted by atomic mass is 9.99. The van der Waals surface area contributed by atoms with Gasteiger partial charge < -0.3 is 4.57 Å². The fourth-order valence-corrected chi connectivity index (χ4v) is 6.52. The van der Waals surface area contributed by atoms with Crippen LogP contribution in [0.5, 0.6) is 0 Å². The van der Waals surface area contributed by atoms with Crippen molar-refractivity contribution in [3.8, 4) is 0 Å². The molecule has 3 rings (SSSR count). The van der Waals surface area contributed by atoms with Crippen LogP contribution in [0.15, 0.2) is 28.3 Å². The molecular formula is C21H31N3O3S2. The molecule has 1 aromatic carbocycles. The summed E-state index contributed by atoms with van der Waals surface area (Å²) in [4.78, 5) is 17.4. The van der Waals surface area contributed by atoms with Gasteiger partial charge in [0.05, 0.1) is 21.2 Å². The Morgan fingerprint density at radius 2 is 1.97 bits per heavy atom. The van der Waals surface area contributed by atoms with Crippen LogP contribution in [0.3, 0.4) is 0 Å². The molecule has 1 aliphatic rings. The first kappa shape index (κ1) is 22.3. The maximum atomic E-state index is 12.9. The van der Waals surface area contributed by atoms with E-state index < -0.39 is 10.0 Å². The minimum Gasteiger partial charge on any atom is -0.319 e. The number of benzene rings is 1. The van der Waals surface area contributed by atoms with Gasteiger partial charge in [-0.2, -0.15) is 4.31 Å². The summed E-state index contributed by atoms with van der Waals surface area (Å²) in [5.74, 6) is 0.306. The molecule has 0 N–H and O–H groups in total. The molecule has 29 heavy (non-hydrogen) atoms. The van der Waals surface area contributed by atoms with E-state index in [1.807, 2.05) is 19.9 Å². The summed E-state index contributed by atoms with van der Waals surface area (Å²) in [6, 6.07) is 5.22. The minimum absolute atomic E-state index is 0.0418. The molecule has 1 aromatic heterocycles. The first-order chi connectivity index (χ1) is 13.9. The van der Waals surface area contributed by atoms with E-state index in [2.05, 4.69) is 11.5 Å². The number of thioether (sulfide) groups is 1. The van der Waals surface area contributed by atoms with Gasteiger partial charge in [-0.3, -0.25) is 4.79 Å². The highest BCUT2D eigenvalue weighted by Crippen LogP contribution is 2.34. The highest BCUT2D eigenvalue weighted by Gasteiger charge is 2.27. The molecule has 1 heterocycles. The van der Waals surface area contributed by atoms with Gasteiger partial charge in [0.2, 0.25) is 10.0 Å². The third kappa shape index (κ3) is 4.70. The fraction of sp³-hybridized carbons (Fsp3) is 0.619. The average Bonchev–Trinajstić information content (AvgIpc) is 3.05. The monoisotopic (exact) mass is 437 g/mol. The number of carbonyl (C=O) groups excluding carboxylic acids is 1. The molecule has 1 fully saturated rings. The zero-order valence-corrected chi connectivity index (χ0v) is 19.2. The number of fused-ring (bicyclic) bond motifs is 1. The van der Waals surface area contributed by atoms with E-state index in [9.17, 15) is 13.2 Å². The molecule has 160 valence electrons. The summed E-state index contributed by atoms with van der Waals surface area (Å²) in [6.07, 6.45) is 5.67. The number of rotatable bonds is 9. The van der Waals surface area contributed by atoms with Gasteiger partial charge >= 0.3 is 0 Å². The molecule has 0 radical (unpaired) electrons. The topological polar surface area (TPSA) is 72.3 Å². The molecule has 0 amide bonds. The summed E-state index contributed by atoms with van der Waals surface area (Å²) < 4.78 is 29.4. The van der Waals surface area contributed by atoms with Gasteiger partial charge in [0.15, 0.2) is 5.16 Å². The number of Topliss-reactive ketones (excluding diaryl/α,β-unsaturated/α-hetero) is 1. The number of carbonyl (C=O) groups is 1. The zero-order valence-electron chi connectivity index (χ0n) is 17.6. The normalized spacial score (nSPS) is 18.1. The van der Waals surface area contributed by atoms with Crippen molar-refractivity contribution >= 4 is 38.6 Å². The van der Waals surface area contributed by atoms with Crippen LogP contribution in [-0.2, 0) is 21.4 Å². The lowest BCUT2D eigenvalue weighted by Crippen LogP contribution is -2.30. The predicted octanol–water partition coefficient (Wildman–Crippen LogP) is 4.47. The van der Waals surface area contributed by atoms with Gasteiger partial charge in [-0.15, -0.1) is 0 Å². The number of unbranched alkanes of at least 4 members (excludes halogenated alkanes) is 1. The van der Waals surface area contributed by atoms with E-state index in [1.54, 1.807) is 23.9 Å². The number of hydrogen-bond acceptors (Lipinski definition) is 5. The second kappa shape index (κ2) is 9.62. The molecule has 0 aliphatic heterocycles. The Kier molecular flexibility index (Phi) is 7.40. The Bertz CT molecular complexity index is 965. The highest BCUT2D eigenvalue weighted by molar-refractivity contribution is 8.00. The Morgan fingerprint density at radius 1 is 1.21 bits per heavy atom. The van der Waals surface area contributed by atoms with E-state index in [1.165, 1.54) is 4.31 Å². The Balaban J connectivity index is 2.01. The van der Waals surface area contributed by atoms with Crippen LogP contribution in [-0.4, -0.2) is 46.4 Å². The lowest BCUT2D eigenvalue weighted by Gasteiger charge is -2.20. The van der Waals surface area contributed by atoms with E-state index in [0.29, 0.717) is 30.8 Å². The minimum atomic E-state index is -3.53. The summed E-state index contributed by atoms with van der Waals surface area (Å²) in [6.45, 7) is 7.52. The summed E-state index contributed by atoms with van der Waals surface area (Å²) >= 11 is 1.55. The van der Waals surface area contributed by atoms with Gasteiger partial charge in [-0.1, -0.05) is 45.4 Å². The summed E-state index contributed by atoms with van der Waals surface area (Å²) in [7, 11) is -3.53. The number of hydrogen-bond donors (Lipinski definition) is 0. The van der Waals surface area contributed by atoms with Crippen LogP contribution in [0, 0.1) is 0 Å². The maximum Gasteiger partial charge on any atom is 0.243 e. The number of aromatic nitrogens is 2. The van der Waals surface area contributed by atoms with Crippen LogP contribution in [0.2, 0.25) is 0 Å². The van der Waals surface area contributed by atoms with Crippen molar-refractivity contribution < 1.29 is 13.2 Å². The highest BCUT2D eigenvalue weighted by atomic mass is 32.2. The molecule has 8 heteroatoms. The number of sulfonamides is 1. The molecule has 6 nitrogen and oxygen atoms in total. The quantitative estimate of drug-likeness (QED) is 0.579. The summed E-state index contributed by atoms with van der Waals surface area (Å²) in [5.41, 5.74) is 1.61. The molecule has 2 aromatic rings.